The predicted octanol–water partition coefficient (Wildman–Crippen LogP) is 3.23. The third-order valence-corrected chi connectivity index (χ3v) is 4.46. The SMILES string of the molecule is CCC(CC)NCC(C)N(C)C(C)CCSC. The molecule has 2 atom stereocenters. The van der Waals surface area contributed by atoms with Crippen molar-refractivity contribution in [2.45, 2.75) is 65.1 Å². The smallest absolute Gasteiger partial charge is 0.0192 e. The summed E-state index contributed by atoms with van der Waals surface area (Å²) in [6.07, 6.45) is 5.93. The van der Waals surface area contributed by atoms with Gasteiger partial charge < -0.3 is 5.32 Å². The molecule has 2 unspecified atom stereocenters. The van der Waals surface area contributed by atoms with Crippen LogP contribution in [-0.4, -0.2) is 48.6 Å². The van der Waals surface area contributed by atoms with Crippen LogP contribution in [0.4, 0.5) is 0 Å². The Bertz CT molecular complexity index is 172. The van der Waals surface area contributed by atoms with Crippen molar-refractivity contribution in [2.75, 3.05) is 25.6 Å². The largest absolute Gasteiger partial charge is 0.312 e. The Morgan fingerprint density at radius 1 is 1.12 bits per heavy atom. The minimum absolute atomic E-state index is 0.618. The molecule has 0 saturated heterocycles. The van der Waals surface area contributed by atoms with E-state index in [0.717, 1.165) is 6.54 Å². The lowest BCUT2D eigenvalue weighted by atomic mass is 10.1. The lowest BCUT2D eigenvalue weighted by Gasteiger charge is -2.32. The number of thioether (sulfide) groups is 1. The van der Waals surface area contributed by atoms with Crippen LogP contribution in [0.25, 0.3) is 0 Å². The molecule has 104 valence electrons. The molecule has 0 rings (SSSR count). The van der Waals surface area contributed by atoms with Crippen LogP contribution in [0, 0.1) is 0 Å². The highest BCUT2D eigenvalue weighted by Crippen LogP contribution is 2.09. The van der Waals surface area contributed by atoms with E-state index in [9.17, 15) is 0 Å². The first-order chi connectivity index (χ1) is 8.06. The van der Waals surface area contributed by atoms with E-state index in [1.807, 2.05) is 11.8 Å². The molecular formula is C14H32N2S. The Morgan fingerprint density at radius 3 is 2.18 bits per heavy atom. The molecule has 17 heavy (non-hydrogen) atoms. The first-order valence-corrected chi connectivity index (χ1v) is 8.40. The fourth-order valence-electron chi connectivity index (χ4n) is 1.99. The summed E-state index contributed by atoms with van der Waals surface area (Å²) in [4.78, 5) is 2.51. The van der Waals surface area contributed by atoms with Crippen molar-refractivity contribution in [1.82, 2.24) is 10.2 Å². The number of nitrogens with one attached hydrogen (secondary N) is 1. The van der Waals surface area contributed by atoms with Gasteiger partial charge in [-0.25, -0.2) is 0 Å². The zero-order valence-corrected chi connectivity index (χ0v) is 13.4. The molecule has 0 amide bonds. The zero-order valence-electron chi connectivity index (χ0n) is 12.6. The third-order valence-electron chi connectivity index (χ3n) is 3.82. The van der Waals surface area contributed by atoms with E-state index in [4.69, 9.17) is 0 Å². The molecule has 3 heteroatoms. The van der Waals surface area contributed by atoms with E-state index < -0.39 is 0 Å². The number of hydrogen-bond acceptors (Lipinski definition) is 3. The van der Waals surface area contributed by atoms with E-state index in [1.54, 1.807) is 0 Å². The van der Waals surface area contributed by atoms with Crippen LogP contribution < -0.4 is 5.32 Å². The summed E-state index contributed by atoms with van der Waals surface area (Å²) in [6, 6.07) is 1.99. The summed E-state index contributed by atoms with van der Waals surface area (Å²) in [5.74, 6) is 1.26. The molecule has 1 N–H and O–H groups in total. The number of nitrogens with zero attached hydrogens (tertiary/aromatic N) is 1. The number of rotatable bonds is 10. The first kappa shape index (κ1) is 17.3. The molecule has 0 fully saturated rings. The Labute approximate surface area is 113 Å². The Kier molecular flexibility index (Phi) is 10.4. The van der Waals surface area contributed by atoms with Gasteiger partial charge in [-0.15, -0.1) is 0 Å². The van der Waals surface area contributed by atoms with Crippen LogP contribution in [0.15, 0.2) is 0 Å². The maximum atomic E-state index is 3.66. The maximum Gasteiger partial charge on any atom is 0.0192 e. The highest BCUT2D eigenvalue weighted by molar-refractivity contribution is 7.98. The number of likely N-dealkylation sites (N-methyl/N-ethyl adjacent to an activating group) is 1. The van der Waals surface area contributed by atoms with Crippen molar-refractivity contribution in [3.63, 3.8) is 0 Å². The van der Waals surface area contributed by atoms with Crippen LogP contribution in [0.1, 0.15) is 47.0 Å². The van der Waals surface area contributed by atoms with Gasteiger partial charge in [0.2, 0.25) is 0 Å². The third kappa shape index (κ3) is 7.32. The van der Waals surface area contributed by atoms with Crippen molar-refractivity contribution < 1.29 is 0 Å². The van der Waals surface area contributed by atoms with E-state index in [0.29, 0.717) is 18.1 Å². The molecule has 0 aromatic heterocycles. The summed E-state index contributed by atoms with van der Waals surface area (Å²) in [7, 11) is 2.25. The van der Waals surface area contributed by atoms with Gasteiger partial charge in [-0.3, -0.25) is 4.90 Å². The second-order valence-electron chi connectivity index (χ2n) is 5.07. The quantitative estimate of drug-likeness (QED) is 0.649. The Balaban J connectivity index is 3.90. The van der Waals surface area contributed by atoms with Crippen molar-refractivity contribution in [1.29, 1.82) is 0 Å². The summed E-state index contributed by atoms with van der Waals surface area (Å²) in [5, 5.41) is 3.66. The molecule has 0 aromatic carbocycles. The van der Waals surface area contributed by atoms with Crippen LogP contribution >= 0.6 is 11.8 Å². The topological polar surface area (TPSA) is 15.3 Å². The molecule has 2 nitrogen and oxygen atoms in total. The molecular weight excluding hydrogens is 228 g/mol. The molecule has 0 spiro atoms. The summed E-state index contributed by atoms with van der Waals surface area (Å²) in [5.41, 5.74) is 0. The zero-order chi connectivity index (χ0) is 13.3. The lowest BCUT2D eigenvalue weighted by Crippen LogP contribution is -2.45. The molecule has 0 bridgehead atoms. The van der Waals surface area contributed by atoms with Crippen LogP contribution in [-0.2, 0) is 0 Å². The fourth-order valence-corrected chi connectivity index (χ4v) is 2.56. The average Bonchev–Trinajstić information content (AvgIpc) is 2.35. The molecule has 0 aliphatic rings. The standard InChI is InChI=1S/C14H32N2S/c1-7-14(8-2)15-11-13(4)16(5)12(3)9-10-17-6/h12-15H,7-11H2,1-6H3. The van der Waals surface area contributed by atoms with Gasteiger partial charge in [0, 0.05) is 24.7 Å². The monoisotopic (exact) mass is 260 g/mol. The van der Waals surface area contributed by atoms with E-state index in [2.05, 4.69) is 51.2 Å². The van der Waals surface area contributed by atoms with Gasteiger partial charge in [-0.05, 0) is 52.2 Å². The summed E-state index contributed by atoms with van der Waals surface area (Å²) < 4.78 is 0. The Hall–Kier alpha value is 0.270. The minimum atomic E-state index is 0.618. The van der Waals surface area contributed by atoms with Crippen LogP contribution in [0.5, 0.6) is 0 Å². The second kappa shape index (κ2) is 10.2. The molecule has 0 saturated carbocycles. The van der Waals surface area contributed by atoms with Crippen LogP contribution in [0.3, 0.4) is 0 Å². The van der Waals surface area contributed by atoms with Crippen molar-refractivity contribution in [3.8, 4) is 0 Å². The van der Waals surface area contributed by atoms with E-state index in [-0.39, 0.29) is 0 Å². The van der Waals surface area contributed by atoms with Crippen molar-refractivity contribution in [2.24, 2.45) is 0 Å². The van der Waals surface area contributed by atoms with E-state index >= 15 is 0 Å². The van der Waals surface area contributed by atoms with Gasteiger partial charge in [0.05, 0.1) is 0 Å². The van der Waals surface area contributed by atoms with Crippen molar-refractivity contribution >= 4 is 11.8 Å². The van der Waals surface area contributed by atoms with Gasteiger partial charge in [0.25, 0.3) is 0 Å². The van der Waals surface area contributed by atoms with Gasteiger partial charge in [0.15, 0.2) is 0 Å². The second-order valence-corrected chi connectivity index (χ2v) is 6.05. The van der Waals surface area contributed by atoms with E-state index in [1.165, 1.54) is 25.0 Å². The highest BCUT2D eigenvalue weighted by Gasteiger charge is 2.16. The normalized spacial score (nSPS) is 15.5. The van der Waals surface area contributed by atoms with Gasteiger partial charge in [-0.2, -0.15) is 11.8 Å². The van der Waals surface area contributed by atoms with Crippen molar-refractivity contribution in [3.05, 3.63) is 0 Å². The molecule has 0 aromatic rings. The van der Waals surface area contributed by atoms with Gasteiger partial charge in [-0.1, -0.05) is 13.8 Å². The average molecular weight is 260 g/mol. The van der Waals surface area contributed by atoms with Crippen LogP contribution in [0.2, 0.25) is 0 Å². The molecule has 0 aliphatic heterocycles. The molecule has 0 radical (unpaired) electrons. The highest BCUT2D eigenvalue weighted by atomic mass is 32.2. The fraction of sp³-hybridized carbons (Fsp3) is 1.00. The summed E-state index contributed by atoms with van der Waals surface area (Å²) in [6.45, 7) is 10.3. The molecule has 0 aliphatic carbocycles. The predicted molar refractivity (Wildman–Crippen MR) is 82.1 cm³/mol. The molecule has 0 heterocycles. The first-order valence-electron chi connectivity index (χ1n) is 7.00. The Morgan fingerprint density at radius 2 is 1.71 bits per heavy atom. The number of hydrogen-bond donors (Lipinski definition) is 1. The van der Waals surface area contributed by atoms with Gasteiger partial charge >= 0.3 is 0 Å². The van der Waals surface area contributed by atoms with Gasteiger partial charge in [0.1, 0.15) is 0 Å². The lowest BCUT2D eigenvalue weighted by molar-refractivity contribution is 0.184. The maximum absolute atomic E-state index is 3.66. The minimum Gasteiger partial charge on any atom is -0.312 e. The summed E-state index contributed by atoms with van der Waals surface area (Å²) >= 11 is 1.94.